The lowest BCUT2D eigenvalue weighted by molar-refractivity contribution is -0.170. The van der Waals surface area contributed by atoms with Gasteiger partial charge in [0.05, 0.1) is 17.0 Å². The zero-order chi connectivity index (χ0) is 18.5. The lowest BCUT2D eigenvalue weighted by atomic mass is 9.90. The number of morpholine rings is 1. The SMILES string of the molecule is Cc1cc(Br)ccc1S(=O)(=O)N1CCC2(CC1)CN(C1CC1)C(=O)CO2. The molecule has 0 bridgehead atoms. The van der Waals surface area contributed by atoms with E-state index < -0.39 is 15.6 Å². The van der Waals surface area contributed by atoms with Gasteiger partial charge in [-0.1, -0.05) is 15.9 Å². The van der Waals surface area contributed by atoms with Gasteiger partial charge in [0.25, 0.3) is 0 Å². The maximum atomic E-state index is 13.0. The van der Waals surface area contributed by atoms with Gasteiger partial charge in [0, 0.05) is 23.6 Å². The topological polar surface area (TPSA) is 66.9 Å². The number of rotatable bonds is 3. The molecule has 26 heavy (non-hydrogen) atoms. The van der Waals surface area contributed by atoms with Crippen molar-refractivity contribution in [1.29, 1.82) is 0 Å². The summed E-state index contributed by atoms with van der Waals surface area (Å²) in [6.45, 7) is 3.37. The van der Waals surface area contributed by atoms with Gasteiger partial charge in [-0.15, -0.1) is 0 Å². The lowest BCUT2D eigenvalue weighted by Crippen LogP contribution is -2.59. The Hall–Kier alpha value is -0.960. The summed E-state index contributed by atoms with van der Waals surface area (Å²) in [5.74, 6) is 0.0682. The van der Waals surface area contributed by atoms with Crippen molar-refractivity contribution in [2.75, 3.05) is 26.2 Å². The van der Waals surface area contributed by atoms with E-state index in [1.165, 1.54) is 0 Å². The molecule has 1 aliphatic carbocycles. The third-order valence-corrected chi connectivity index (χ3v) is 8.21. The lowest BCUT2D eigenvalue weighted by Gasteiger charge is -2.46. The van der Waals surface area contributed by atoms with Gasteiger partial charge >= 0.3 is 0 Å². The Morgan fingerprint density at radius 1 is 1.23 bits per heavy atom. The molecule has 1 aromatic rings. The van der Waals surface area contributed by atoms with E-state index >= 15 is 0 Å². The average molecular weight is 443 g/mol. The van der Waals surface area contributed by atoms with Crippen molar-refractivity contribution in [3.8, 4) is 0 Å². The monoisotopic (exact) mass is 442 g/mol. The first-order chi connectivity index (χ1) is 12.3. The number of hydrogen-bond acceptors (Lipinski definition) is 4. The largest absolute Gasteiger partial charge is 0.363 e. The maximum Gasteiger partial charge on any atom is 0.248 e. The van der Waals surface area contributed by atoms with Crippen molar-refractivity contribution in [3.63, 3.8) is 0 Å². The molecular formula is C18H23BrN2O4S. The molecule has 0 atom stereocenters. The fourth-order valence-corrected chi connectivity index (χ4v) is 6.06. The molecule has 1 amide bonds. The van der Waals surface area contributed by atoms with Gasteiger partial charge in [-0.2, -0.15) is 4.31 Å². The van der Waals surface area contributed by atoms with Crippen LogP contribution in [0.2, 0.25) is 0 Å². The van der Waals surface area contributed by atoms with Gasteiger partial charge in [0.2, 0.25) is 15.9 Å². The molecule has 1 spiro atoms. The highest BCUT2D eigenvalue weighted by atomic mass is 79.9. The Morgan fingerprint density at radius 3 is 2.54 bits per heavy atom. The van der Waals surface area contributed by atoms with Gasteiger partial charge < -0.3 is 9.64 Å². The van der Waals surface area contributed by atoms with Crippen LogP contribution in [0.25, 0.3) is 0 Å². The zero-order valence-corrected chi connectivity index (χ0v) is 17.2. The van der Waals surface area contributed by atoms with Crippen LogP contribution in [0.5, 0.6) is 0 Å². The van der Waals surface area contributed by atoms with Crippen LogP contribution in [0.1, 0.15) is 31.2 Å². The summed E-state index contributed by atoms with van der Waals surface area (Å²) < 4.78 is 34.4. The first-order valence-corrected chi connectivity index (χ1v) is 11.2. The maximum absolute atomic E-state index is 13.0. The van der Waals surface area contributed by atoms with E-state index in [0.29, 0.717) is 43.4 Å². The van der Waals surface area contributed by atoms with Crippen LogP contribution in [0.3, 0.4) is 0 Å². The zero-order valence-electron chi connectivity index (χ0n) is 14.8. The second kappa shape index (κ2) is 6.58. The van der Waals surface area contributed by atoms with Crippen molar-refractivity contribution >= 4 is 31.9 Å². The first kappa shape index (κ1) is 18.4. The van der Waals surface area contributed by atoms with Crippen LogP contribution < -0.4 is 0 Å². The molecule has 6 nitrogen and oxygen atoms in total. The Morgan fingerprint density at radius 2 is 1.92 bits per heavy atom. The van der Waals surface area contributed by atoms with E-state index in [1.807, 2.05) is 17.9 Å². The quantitative estimate of drug-likeness (QED) is 0.719. The molecule has 0 radical (unpaired) electrons. The average Bonchev–Trinajstić information content (AvgIpc) is 3.42. The molecule has 0 unspecified atom stereocenters. The summed E-state index contributed by atoms with van der Waals surface area (Å²) in [7, 11) is -3.52. The second-order valence-electron chi connectivity index (χ2n) is 7.54. The van der Waals surface area contributed by atoms with E-state index in [4.69, 9.17) is 4.74 Å². The van der Waals surface area contributed by atoms with Crippen molar-refractivity contribution in [2.45, 2.75) is 49.1 Å². The first-order valence-electron chi connectivity index (χ1n) is 9.01. The number of nitrogens with zero attached hydrogens (tertiary/aromatic N) is 2. The molecular weight excluding hydrogens is 420 g/mol. The third-order valence-electron chi connectivity index (χ3n) is 5.66. The summed E-state index contributed by atoms with van der Waals surface area (Å²) in [4.78, 5) is 14.4. The van der Waals surface area contributed by atoms with Crippen LogP contribution in [0.4, 0.5) is 0 Å². The molecule has 0 N–H and O–H groups in total. The number of amides is 1. The molecule has 1 saturated carbocycles. The number of carbonyl (C=O) groups is 1. The van der Waals surface area contributed by atoms with E-state index in [1.54, 1.807) is 16.4 Å². The molecule has 8 heteroatoms. The molecule has 0 aromatic heterocycles. The number of aryl methyl sites for hydroxylation is 1. The van der Waals surface area contributed by atoms with Crippen molar-refractivity contribution in [3.05, 3.63) is 28.2 Å². The highest BCUT2D eigenvalue weighted by Crippen LogP contribution is 2.37. The summed E-state index contributed by atoms with van der Waals surface area (Å²) in [6, 6.07) is 5.61. The van der Waals surface area contributed by atoms with Gasteiger partial charge in [0.15, 0.2) is 0 Å². The minimum atomic E-state index is -3.52. The Balaban J connectivity index is 1.48. The molecule has 4 rings (SSSR count). The summed E-state index contributed by atoms with van der Waals surface area (Å²) in [5.41, 5.74) is 0.344. The second-order valence-corrected chi connectivity index (χ2v) is 10.4. The third kappa shape index (κ3) is 3.32. The van der Waals surface area contributed by atoms with E-state index in [9.17, 15) is 13.2 Å². The molecule has 2 saturated heterocycles. The molecule has 3 fully saturated rings. The van der Waals surface area contributed by atoms with Gasteiger partial charge in [0.1, 0.15) is 6.61 Å². The van der Waals surface area contributed by atoms with Gasteiger partial charge in [-0.3, -0.25) is 4.79 Å². The van der Waals surface area contributed by atoms with Crippen molar-refractivity contribution in [2.24, 2.45) is 0 Å². The highest BCUT2D eigenvalue weighted by Gasteiger charge is 2.47. The van der Waals surface area contributed by atoms with Gasteiger partial charge in [-0.05, 0) is 56.4 Å². The predicted octanol–water partition coefficient (Wildman–Crippen LogP) is 2.30. The number of carbonyl (C=O) groups excluding carboxylic acids is 1. The number of benzene rings is 1. The van der Waals surface area contributed by atoms with Gasteiger partial charge in [-0.25, -0.2) is 8.42 Å². The van der Waals surface area contributed by atoms with E-state index in [0.717, 1.165) is 22.9 Å². The fraction of sp³-hybridized carbons (Fsp3) is 0.611. The Labute approximate surface area is 162 Å². The molecule has 142 valence electrons. The molecule has 2 heterocycles. The summed E-state index contributed by atoms with van der Waals surface area (Å²) >= 11 is 3.38. The molecule has 1 aromatic carbocycles. The molecule has 3 aliphatic rings. The van der Waals surface area contributed by atoms with Crippen LogP contribution in [0.15, 0.2) is 27.6 Å². The Kier molecular flexibility index (Phi) is 4.66. The van der Waals surface area contributed by atoms with Crippen LogP contribution >= 0.6 is 15.9 Å². The summed E-state index contributed by atoms with van der Waals surface area (Å²) in [6.07, 6.45) is 3.40. The van der Waals surface area contributed by atoms with Crippen LogP contribution in [-0.2, 0) is 19.6 Å². The number of ether oxygens (including phenoxy) is 1. The number of piperidine rings is 1. The normalized spacial score (nSPS) is 24.2. The van der Waals surface area contributed by atoms with E-state index in [-0.39, 0.29) is 12.5 Å². The van der Waals surface area contributed by atoms with Crippen LogP contribution in [0, 0.1) is 6.92 Å². The number of halogens is 1. The standard InChI is InChI=1S/C18H23BrN2O4S/c1-13-10-14(19)2-5-16(13)26(23,24)20-8-6-18(7-9-20)12-21(15-3-4-15)17(22)11-25-18/h2,5,10,15H,3-4,6-9,11-12H2,1H3. The molecule has 2 aliphatic heterocycles. The smallest absolute Gasteiger partial charge is 0.248 e. The number of sulfonamides is 1. The number of hydrogen-bond donors (Lipinski definition) is 0. The van der Waals surface area contributed by atoms with Crippen LogP contribution in [-0.4, -0.2) is 61.4 Å². The minimum absolute atomic E-state index is 0.0682. The van der Waals surface area contributed by atoms with Crippen molar-refractivity contribution < 1.29 is 17.9 Å². The highest BCUT2D eigenvalue weighted by molar-refractivity contribution is 9.10. The van der Waals surface area contributed by atoms with E-state index in [2.05, 4.69) is 15.9 Å². The predicted molar refractivity (Wildman–Crippen MR) is 100 cm³/mol. The summed E-state index contributed by atoms with van der Waals surface area (Å²) in [5, 5.41) is 0. The fourth-order valence-electron chi connectivity index (χ4n) is 3.94. The Bertz CT molecular complexity index is 830. The van der Waals surface area contributed by atoms with Crippen molar-refractivity contribution in [1.82, 2.24) is 9.21 Å². The minimum Gasteiger partial charge on any atom is -0.363 e.